The maximum absolute atomic E-state index is 11.8. The lowest BCUT2D eigenvalue weighted by Crippen LogP contribution is -2.47. The van der Waals surface area contributed by atoms with Gasteiger partial charge in [-0.3, -0.25) is 0 Å². The van der Waals surface area contributed by atoms with Crippen molar-refractivity contribution in [3.05, 3.63) is 0 Å². The van der Waals surface area contributed by atoms with E-state index in [-0.39, 0.29) is 18.2 Å². The van der Waals surface area contributed by atoms with Gasteiger partial charge >= 0.3 is 0 Å². The van der Waals surface area contributed by atoms with E-state index in [4.69, 9.17) is 5.26 Å². The van der Waals surface area contributed by atoms with Crippen LogP contribution in [0.5, 0.6) is 0 Å². The number of hydrogen-bond acceptors (Lipinski definition) is 4. The predicted molar refractivity (Wildman–Crippen MR) is 80.6 cm³/mol. The summed E-state index contributed by atoms with van der Waals surface area (Å²) in [6.45, 7) is 9.26. The number of nitriles is 1. The highest BCUT2D eigenvalue weighted by atomic mass is 32.2. The molecule has 1 heterocycles. The molecule has 3 atom stereocenters. The number of piperidine rings is 1. The second-order valence-corrected chi connectivity index (χ2v) is 8.14. The van der Waals surface area contributed by atoms with Crippen LogP contribution in [0.4, 0.5) is 0 Å². The quantitative estimate of drug-likeness (QED) is 0.725. The van der Waals surface area contributed by atoms with Gasteiger partial charge in [0.25, 0.3) is 0 Å². The second-order valence-electron chi connectivity index (χ2n) is 6.26. The molecule has 1 fully saturated rings. The SMILES string of the molecule is CC1CC(C)CN(CC(C)NS(=O)(=O)CCCC#N)C1. The van der Waals surface area contributed by atoms with E-state index in [1.54, 1.807) is 0 Å². The van der Waals surface area contributed by atoms with Gasteiger partial charge in [0.2, 0.25) is 10.0 Å². The van der Waals surface area contributed by atoms with Gasteiger partial charge in [-0.1, -0.05) is 13.8 Å². The lowest BCUT2D eigenvalue weighted by molar-refractivity contribution is 0.134. The molecule has 0 aromatic carbocycles. The fourth-order valence-corrected chi connectivity index (χ4v) is 4.40. The molecule has 1 N–H and O–H groups in total. The molecule has 6 heteroatoms. The first-order valence-electron chi connectivity index (χ1n) is 7.41. The van der Waals surface area contributed by atoms with E-state index in [1.165, 1.54) is 6.42 Å². The fourth-order valence-electron chi connectivity index (χ4n) is 3.07. The molecular formula is C14H27N3O2S. The molecule has 0 radical (unpaired) electrons. The Balaban J connectivity index is 2.39. The Hall–Kier alpha value is -0.640. The van der Waals surface area contributed by atoms with E-state index in [0.717, 1.165) is 19.6 Å². The van der Waals surface area contributed by atoms with E-state index < -0.39 is 10.0 Å². The molecule has 20 heavy (non-hydrogen) atoms. The van der Waals surface area contributed by atoms with Crippen molar-refractivity contribution in [1.29, 1.82) is 5.26 Å². The molecule has 1 aliphatic rings. The van der Waals surface area contributed by atoms with Crippen molar-refractivity contribution in [3.63, 3.8) is 0 Å². The molecule has 116 valence electrons. The number of nitrogens with one attached hydrogen (secondary N) is 1. The Labute approximate surface area is 123 Å². The monoisotopic (exact) mass is 301 g/mol. The van der Waals surface area contributed by atoms with Gasteiger partial charge in [0, 0.05) is 32.1 Å². The van der Waals surface area contributed by atoms with Crippen LogP contribution < -0.4 is 4.72 Å². The zero-order chi connectivity index (χ0) is 15.2. The smallest absolute Gasteiger partial charge is 0.211 e. The minimum atomic E-state index is -3.26. The average Bonchev–Trinajstić information content (AvgIpc) is 2.26. The van der Waals surface area contributed by atoms with Crippen LogP contribution in [0.2, 0.25) is 0 Å². The second kappa shape index (κ2) is 7.96. The van der Waals surface area contributed by atoms with Crippen LogP contribution in [-0.2, 0) is 10.0 Å². The number of sulfonamides is 1. The Morgan fingerprint density at radius 2 is 1.95 bits per heavy atom. The molecule has 0 spiro atoms. The molecule has 0 amide bonds. The van der Waals surface area contributed by atoms with E-state index >= 15 is 0 Å². The topological polar surface area (TPSA) is 73.2 Å². The molecule has 0 aromatic heterocycles. The summed E-state index contributed by atoms with van der Waals surface area (Å²) in [6, 6.07) is 1.88. The van der Waals surface area contributed by atoms with Gasteiger partial charge < -0.3 is 4.90 Å². The molecule has 5 nitrogen and oxygen atoms in total. The van der Waals surface area contributed by atoms with E-state index in [2.05, 4.69) is 23.5 Å². The molecule has 1 rings (SSSR count). The summed E-state index contributed by atoms with van der Waals surface area (Å²) in [4.78, 5) is 2.35. The summed E-state index contributed by atoms with van der Waals surface area (Å²) >= 11 is 0. The summed E-state index contributed by atoms with van der Waals surface area (Å²) in [7, 11) is -3.26. The van der Waals surface area contributed by atoms with Crippen molar-refractivity contribution in [2.24, 2.45) is 11.8 Å². The van der Waals surface area contributed by atoms with Gasteiger partial charge in [-0.05, 0) is 31.6 Å². The lowest BCUT2D eigenvalue weighted by Gasteiger charge is -2.36. The van der Waals surface area contributed by atoms with Crippen molar-refractivity contribution in [2.75, 3.05) is 25.4 Å². The lowest BCUT2D eigenvalue weighted by atomic mass is 9.92. The maximum Gasteiger partial charge on any atom is 0.211 e. The third-order valence-electron chi connectivity index (χ3n) is 3.56. The number of rotatable bonds is 7. The van der Waals surface area contributed by atoms with Gasteiger partial charge in [-0.15, -0.1) is 0 Å². The molecule has 0 aliphatic carbocycles. The van der Waals surface area contributed by atoms with E-state index in [0.29, 0.717) is 18.3 Å². The van der Waals surface area contributed by atoms with Crippen LogP contribution in [0.3, 0.4) is 0 Å². The Morgan fingerprint density at radius 3 is 2.50 bits per heavy atom. The van der Waals surface area contributed by atoms with Crippen molar-refractivity contribution in [1.82, 2.24) is 9.62 Å². The van der Waals surface area contributed by atoms with Crippen LogP contribution in [0, 0.1) is 23.2 Å². The molecule has 0 aromatic rings. The minimum Gasteiger partial charge on any atom is -0.301 e. The zero-order valence-electron chi connectivity index (χ0n) is 12.8. The van der Waals surface area contributed by atoms with E-state index in [9.17, 15) is 8.42 Å². The molecule has 0 bridgehead atoms. The van der Waals surface area contributed by atoms with Crippen molar-refractivity contribution in [3.8, 4) is 6.07 Å². The Morgan fingerprint density at radius 1 is 1.35 bits per heavy atom. The zero-order valence-corrected chi connectivity index (χ0v) is 13.6. The fraction of sp³-hybridized carbons (Fsp3) is 0.929. The summed E-state index contributed by atoms with van der Waals surface area (Å²) in [5, 5.41) is 8.44. The molecule has 0 saturated carbocycles. The Bertz CT molecular complexity index is 420. The normalized spacial score (nSPS) is 26.1. The maximum atomic E-state index is 11.8. The number of nitrogens with zero attached hydrogens (tertiary/aromatic N) is 2. The number of likely N-dealkylation sites (tertiary alicyclic amines) is 1. The molecule has 1 aliphatic heterocycles. The van der Waals surface area contributed by atoms with Gasteiger partial charge in [-0.2, -0.15) is 5.26 Å². The van der Waals surface area contributed by atoms with Crippen LogP contribution in [0.25, 0.3) is 0 Å². The minimum absolute atomic E-state index is 0.0394. The van der Waals surface area contributed by atoms with Crippen LogP contribution in [-0.4, -0.2) is 44.7 Å². The number of hydrogen-bond donors (Lipinski definition) is 1. The largest absolute Gasteiger partial charge is 0.301 e. The summed E-state index contributed by atoms with van der Waals surface area (Å²) in [5.41, 5.74) is 0. The van der Waals surface area contributed by atoms with Gasteiger partial charge in [0.15, 0.2) is 0 Å². The van der Waals surface area contributed by atoms with Crippen LogP contribution in [0.15, 0.2) is 0 Å². The van der Waals surface area contributed by atoms with Crippen LogP contribution >= 0.6 is 0 Å². The summed E-state index contributed by atoms with van der Waals surface area (Å²) in [6.07, 6.45) is 1.94. The van der Waals surface area contributed by atoms with E-state index in [1.807, 2.05) is 13.0 Å². The molecule has 3 unspecified atom stereocenters. The highest BCUT2D eigenvalue weighted by Gasteiger charge is 2.24. The van der Waals surface area contributed by atoms with Crippen molar-refractivity contribution < 1.29 is 8.42 Å². The third kappa shape index (κ3) is 6.69. The standard InChI is InChI=1S/C14H27N3O2S/c1-12-8-13(2)10-17(9-12)11-14(3)16-20(18,19)7-5-4-6-15/h12-14,16H,4-5,7-11H2,1-3H3. The first kappa shape index (κ1) is 17.4. The first-order valence-corrected chi connectivity index (χ1v) is 9.07. The average molecular weight is 301 g/mol. The van der Waals surface area contributed by atoms with Gasteiger partial charge in [-0.25, -0.2) is 13.1 Å². The number of unbranched alkanes of at least 4 members (excludes halogenated alkanes) is 1. The highest BCUT2D eigenvalue weighted by Crippen LogP contribution is 2.20. The van der Waals surface area contributed by atoms with Crippen LogP contribution in [0.1, 0.15) is 40.0 Å². The summed E-state index contributed by atoms with van der Waals surface area (Å²) in [5.74, 6) is 1.40. The van der Waals surface area contributed by atoms with Crippen molar-refractivity contribution >= 4 is 10.0 Å². The van der Waals surface area contributed by atoms with Gasteiger partial charge in [0.05, 0.1) is 11.8 Å². The first-order chi connectivity index (χ1) is 9.32. The molecular weight excluding hydrogens is 274 g/mol. The molecule has 1 saturated heterocycles. The summed E-state index contributed by atoms with van der Waals surface area (Å²) < 4.78 is 26.4. The third-order valence-corrected chi connectivity index (χ3v) is 5.15. The Kier molecular flexibility index (Phi) is 6.93. The van der Waals surface area contributed by atoms with Crippen molar-refractivity contribution in [2.45, 2.75) is 46.1 Å². The predicted octanol–water partition coefficient (Wildman–Crippen LogP) is 1.58. The van der Waals surface area contributed by atoms with Gasteiger partial charge in [0.1, 0.15) is 0 Å². The highest BCUT2D eigenvalue weighted by molar-refractivity contribution is 7.89.